The number of benzene rings is 1. The number of aliphatic imine (C=N–C) groups is 1. The van der Waals surface area contributed by atoms with Gasteiger partial charge in [0.2, 0.25) is 5.91 Å². The van der Waals surface area contributed by atoms with E-state index in [0.29, 0.717) is 28.1 Å². The number of hydrogen-bond acceptors (Lipinski definition) is 5. The van der Waals surface area contributed by atoms with Crippen molar-refractivity contribution in [2.75, 3.05) is 5.75 Å². The molecule has 2 atom stereocenters. The molecule has 1 fully saturated rings. The van der Waals surface area contributed by atoms with Crippen LogP contribution >= 0.6 is 23.4 Å². The van der Waals surface area contributed by atoms with Crippen LogP contribution in [0.3, 0.4) is 0 Å². The number of hydrogen-bond donors (Lipinski definition) is 1. The molecular weight excluding hydrogens is 394 g/mol. The zero-order chi connectivity index (χ0) is 19.7. The van der Waals surface area contributed by atoms with Gasteiger partial charge in [0.05, 0.1) is 16.9 Å². The Labute approximate surface area is 173 Å². The van der Waals surface area contributed by atoms with Crippen molar-refractivity contribution in [3.63, 3.8) is 0 Å². The molecule has 1 unspecified atom stereocenters. The molecule has 1 aromatic carbocycles. The van der Waals surface area contributed by atoms with Crippen LogP contribution < -0.4 is 5.32 Å². The highest BCUT2D eigenvalue weighted by atomic mass is 35.5. The van der Waals surface area contributed by atoms with Crippen molar-refractivity contribution in [2.45, 2.75) is 44.1 Å². The Balaban J connectivity index is 1.66. The third-order valence-electron chi connectivity index (χ3n) is 5.25. The van der Waals surface area contributed by atoms with Crippen LogP contribution in [0.25, 0.3) is 0 Å². The number of amides is 1. The number of nitrogens with one attached hydrogen (secondary N) is 1. The van der Waals surface area contributed by atoms with E-state index in [4.69, 9.17) is 11.6 Å². The third kappa shape index (κ3) is 4.01. The molecule has 4 rings (SSSR count). The first kappa shape index (κ1) is 19.2. The molecule has 0 bridgehead atoms. The van der Waals surface area contributed by atoms with E-state index in [1.165, 1.54) is 11.8 Å². The van der Waals surface area contributed by atoms with Gasteiger partial charge in [-0.15, -0.1) is 0 Å². The lowest BCUT2D eigenvalue weighted by Gasteiger charge is -2.33. The van der Waals surface area contributed by atoms with Crippen LogP contribution in [0.1, 0.15) is 43.6 Å². The largest absolute Gasteiger partial charge is 0.353 e. The lowest BCUT2D eigenvalue weighted by atomic mass is 9.74. The highest BCUT2D eigenvalue weighted by Gasteiger charge is 2.40. The Morgan fingerprint density at radius 1 is 1.29 bits per heavy atom. The van der Waals surface area contributed by atoms with E-state index in [2.05, 4.69) is 16.4 Å². The minimum atomic E-state index is -0.583. The average Bonchev–Trinajstić information content (AvgIpc) is 3.50. The highest BCUT2D eigenvalue weighted by Crippen LogP contribution is 2.44. The van der Waals surface area contributed by atoms with E-state index in [1.54, 1.807) is 12.1 Å². The summed E-state index contributed by atoms with van der Waals surface area (Å²) in [7, 11) is 0. The fourth-order valence-electron chi connectivity index (χ4n) is 3.75. The summed E-state index contributed by atoms with van der Waals surface area (Å²) in [4.78, 5) is 29.5. The quantitative estimate of drug-likeness (QED) is 0.808. The molecule has 1 aromatic rings. The Bertz CT molecular complexity index is 913. The summed E-state index contributed by atoms with van der Waals surface area (Å²) >= 11 is 7.34. The second-order valence-corrected chi connectivity index (χ2v) is 8.79. The zero-order valence-corrected chi connectivity index (χ0v) is 16.9. The minimum absolute atomic E-state index is 0.0329. The van der Waals surface area contributed by atoms with Crippen molar-refractivity contribution >= 4 is 40.1 Å². The normalized spacial score (nSPS) is 24.3. The zero-order valence-electron chi connectivity index (χ0n) is 15.3. The number of carbonyl (C=O) groups is 2. The number of halogens is 1. The van der Waals surface area contributed by atoms with E-state index in [-0.39, 0.29) is 23.4 Å². The standard InChI is InChI=1S/C21H20ClN3O2S/c22-13-6-4-12(5-7-13)19-15(10-23)21(28-11-18(27)24-14-8-9-14)25-16-2-1-3-17(26)20(16)19/h4-7,14-15,19H,1-3,8-9,11H2,(H,24,27)/t15?,19-/m1/s1. The summed E-state index contributed by atoms with van der Waals surface area (Å²) in [5.74, 6) is -0.676. The molecule has 3 aliphatic rings. The van der Waals surface area contributed by atoms with Gasteiger partial charge >= 0.3 is 0 Å². The summed E-state index contributed by atoms with van der Waals surface area (Å²) in [6.07, 6.45) is 4.06. The number of nitrogens with zero attached hydrogens (tertiary/aromatic N) is 2. The molecule has 7 heteroatoms. The molecule has 28 heavy (non-hydrogen) atoms. The topological polar surface area (TPSA) is 82.3 Å². The number of carbonyl (C=O) groups excluding carboxylic acids is 2. The lowest BCUT2D eigenvalue weighted by Crippen LogP contribution is -2.32. The predicted molar refractivity (Wildman–Crippen MR) is 110 cm³/mol. The Morgan fingerprint density at radius 3 is 2.71 bits per heavy atom. The van der Waals surface area contributed by atoms with Gasteiger partial charge in [-0.1, -0.05) is 35.5 Å². The van der Waals surface area contributed by atoms with Crippen LogP contribution in [0.4, 0.5) is 0 Å². The maximum atomic E-state index is 12.7. The van der Waals surface area contributed by atoms with Gasteiger partial charge in [-0.05, 0) is 43.4 Å². The van der Waals surface area contributed by atoms with E-state index in [0.717, 1.165) is 36.9 Å². The fraction of sp³-hybridized carbons (Fsp3) is 0.429. The fourth-order valence-corrected chi connectivity index (χ4v) is 4.78. The predicted octanol–water partition coefficient (Wildman–Crippen LogP) is 3.99. The van der Waals surface area contributed by atoms with Crippen LogP contribution in [-0.4, -0.2) is 28.5 Å². The van der Waals surface area contributed by atoms with E-state index in [1.807, 2.05) is 12.1 Å². The molecule has 0 spiro atoms. The number of ketones is 1. The van der Waals surface area contributed by atoms with Gasteiger partial charge in [0.15, 0.2) is 5.78 Å². The first-order valence-corrected chi connectivity index (χ1v) is 10.8. The van der Waals surface area contributed by atoms with Crippen molar-refractivity contribution in [3.8, 4) is 6.07 Å². The number of thioether (sulfide) groups is 1. The maximum Gasteiger partial charge on any atom is 0.230 e. The molecule has 1 N–H and O–H groups in total. The Hall–Kier alpha value is -2.10. The van der Waals surface area contributed by atoms with Gasteiger partial charge < -0.3 is 5.32 Å². The van der Waals surface area contributed by atoms with Gasteiger partial charge in [-0.2, -0.15) is 5.26 Å². The lowest BCUT2D eigenvalue weighted by molar-refractivity contribution is -0.118. The number of nitriles is 1. The first-order valence-electron chi connectivity index (χ1n) is 9.49. The van der Waals surface area contributed by atoms with E-state index < -0.39 is 5.92 Å². The maximum absolute atomic E-state index is 12.7. The number of Topliss-reactive ketones (excluding diaryl/α,β-unsaturated/α-hetero) is 1. The van der Waals surface area contributed by atoms with Crippen LogP contribution in [0.5, 0.6) is 0 Å². The highest BCUT2D eigenvalue weighted by molar-refractivity contribution is 8.14. The number of allylic oxidation sites excluding steroid dienone is 2. The molecule has 144 valence electrons. The molecule has 5 nitrogen and oxygen atoms in total. The molecule has 0 saturated heterocycles. The average molecular weight is 414 g/mol. The molecule has 0 radical (unpaired) electrons. The van der Waals surface area contributed by atoms with Crippen molar-refractivity contribution in [1.82, 2.24) is 5.32 Å². The van der Waals surface area contributed by atoms with Gasteiger partial charge in [-0.25, -0.2) is 4.99 Å². The Morgan fingerprint density at radius 2 is 2.04 bits per heavy atom. The van der Waals surface area contributed by atoms with Crippen molar-refractivity contribution < 1.29 is 9.59 Å². The molecule has 1 saturated carbocycles. The van der Waals surface area contributed by atoms with Crippen LogP contribution in [0, 0.1) is 17.2 Å². The van der Waals surface area contributed by atoms with E-state index in [9.17, 15) is 14.9 Å². The van der Waals surface area contributed by atoms with Crippen LogP contribution in [0.15, 0.2) is 40.5 Å². The van der Waals surface area contributed by atoms with Gasteiger partial charge in [-0.3, -0.25) is 9.59 Å². The third-order valence-corrected chi connectivity index (χ3v) is 6.55. The molecule has 1 amide bonds. The van der Waals surface area contributed by atoms with Crippen LogP contribution in [0.2, 0.25) is 5.02 Å². The summed E-state index contributed by atoms with van der Waals surface area (Å²) in [6, 6.07) is 9.95. The molecule has 2 aliphatic carbocycles. The van der Waals surface area contributed by atoms with Crippen molar-refractivity contribution in [1.29, 1.82) is 5.26 Å². The second kappa shape index (κ2) is 8.10. The second-order valence-electron chi connectivity index (χ2n) is 7.35. The molecule has 0 aromatic heterocycles. The SMILES string of the molecule is N#CC1C(SCC(=O)NC2CC2)=NC2=C(C(=O)CCC2)[C@@H]1c1ccc(Cl)cc1. The molecular formula is C21H20ClN3O2S. The minimum Gasteiger partial charge on any atom is -0.353 e. The molecule has 1 heterocycles. The van der Waals surface area contributed by atoms with Gasteiger partial charge in [0.25, 0.3) is 0 Å². The van der Waals surface area contributed by atoms with E-state index >= 15 is 0 Å². The monoisotopic (exact) mass is 413 g/mol. The summed E-state index contributed by atoms with van der Waals surface area (Å²) in [5, 5.41) is 14.1. The Kier molecular flexibility index (Phi) is 5.56. The number of rotatable bonds is 4. The van der Waals surface area contributed by atoms with Crippen molar-refractivity contribution in [2.24, 2.45) is 10.9 Å². The smallest absolute Gasteiger partial charge is 0.230 e. The summed E-state index contributed by atoms with van der Waals surface area (Å²) in [6.45, 7) is 0. The van der Waals surface area contributed by atoms with Crippen LogP contribution in [-0.2, 0) is 9.59 Å². The summed E-state index contributed by atoms with van der Waals surface area (Å²) < 4.78 is 0. The van der Waals surface area contributed by atoms with Gasteiger partial charge in [0, 0.05) is 34.7 Å². The van der Waals surface area contributed by atoms with Gasteiger partial charge in [0.1, 0.15) is 5.92 Å². The molecule has 1 aliphatic heterocycles. The summed E-state index contributed by atoms with van der Waals surface area (Å²) in [5.41, 5.74) is 2.31. The first-order chi connectivity index (χ1) is 13.6. The van der Waals surface area contributed by atoms with Crippen molar-refractivity contribution in [3.05, 3.63) is 46.1 Å².